The average molecular weight is 293 g/mol. The monoisotopic (exact) mass is 293 g/mol. The topological polar surface area (TPSA) is 73.2 Å². The molecule has 0 aliphatic carbocycles. The largest absolute Gasteiger partial charge is 0.365 e. The summed E-state index contributed by atoms with van der Waals surface area (Å²) in [6.45, 7) is 7.05. The normalized spacial score (nSPS) is 12.3. The molecule has 1 amide bonds. The summed E-state index contributed by atoms with van der Waals surface area (Å²) in [4.78, 5) is 29.1. The summed E-state index contributed by atoms with van der Waals surface area (Å²) in [6, 6.07) is 1.69. The first-order valence-electron chi connectivity index (χ1n) is 6.05. The van der Waals surface area contributed by atoms with Crippen LogP contribution in [0.2, 0.25) is 0 Å². The van der Waals surface area contributed by atoms with E-state index in [0.717, 1.165) is 4.68 Å². The van der Waals surface area contributed by atoms with Crippen molar-refractivity contribution in [2.24, 2.45) is 0 Å². The maximum atomic E-state index is 12.2. The number of aryl methyl sites for hydroxylation is 1. The van der Waals surface area contributed by atoms with E-state index in [2.05, 4.69) is 17.0 Å². The van der Waals surface area contributed by atoms with Crippen molar-refractivity contribution in [1.29, 1.82) is 0 Å². The highest BCUT2D eigenvalue weighted by Crippen LogP contribution is 2.14. The van der Waals surface area contributed by atoms with E-state index < -0.39 is 12.0 Å². The van der Waals surface area contributed by atoms with Crippen molar-refractivity contribution in [3.8, 4) is 0 Å². The van der Waals surface area contributed by atoms with Crippen LogP contribution in [0.15, 0.2) is 28.9 Å². The van der Waals surface area contributed by atoms with Crippen molar-refractivity contribution < 1.29 is 9.53 Å². The molecule has 0 aliphatic rings. The van der Waals surface area contributed by atoms with Crippen LogP contribution in [-0.4, -0.2) is 28.3 Å². The molecule has 0 spiro atoms. The molecule has 0 fully saturated rings. The number of hydrogen-bond acceptors (Lipinski definition) is 5. The number of rotatable bonds is 5. The fourth-order valence-corrected chi connectivity index (χ4v) is 2.44. The van der Waals surface area contributed by atoms with Crippen molar-refractivity contribution in [1.82, 2.24) is 9.66 Å². The van der Waals surface area contributed by atoms with Crippen LogP contribution >= 0.6 is 11.3 Å². The van der Waals surface area contributed by atoms with Gasteiger partial charge in [-0.05, 0) is 25.3 Å². The Kier molecular flexibility index (Phi) is 4.31. The van der Waals surface area contributed by atoms with Gasteiger partial charge in [-0.25, -0.2) is 9.66 Å². The lowest BCUT2D eigenvalue weighted by atomic mass is 10.4. The molecule has 0 bridgehead atoms. The molecule has 7 heteroatoms. The molecule has 6 nitrogen and oxygen atoms in total. The van der Waals surface area contributed by atoms with E-state index in [1.807, 2.05) is 0 Å². The number of fused-ring (bicyclic) bond motifs is 1. The van der Waals surface area contributed by atoms with Gasteiger partial charge >= 0.3 is 0 Å². The SMILES string of the molecule is C=CCO[C@H](C)C(=O)Nn1c(C)nc2sccc2c1=O. The molecule has 0 saturated carbocycles. The van der Waals surface area contributed by atoms with Crippen molar-refractivity contribution in [2.75, 3.05) is 12.0 Å². The number of thiophene rings is 1. The molecule has 2 aromatic heterocycles. The van der Waals surface area contributed by atoms with E-state index in [1.165, 1.54) is 11.3 Å². The van der Waals surface area contributed by atoms with Crippen molar-refractivity contribution in [3.63, 3.8) is 0 Å². The summed E-state index contributed by atoms with van der Waals surface area (Å²) in [5, 5.41) is 2.28. The average Bonchev–Trinajstić information content (AvgIpc) is 2.88. The summed E-state index contributed by atoms with van der Waals surface area (Å²) in [5.41, 5.74) is 2.22. The van der Waals surface area contributed by atoms with E-state index >= 15 is 0 Å². The Balaban J connectivity index is 2.27. The molecule has 1 atom stereocenters. The number of nitrogens with one attached hydrogen (secondary N) is 1. The Bertz CT molecular complexity index is 704. The van der Waals surface area contributed by atoms with E-state index in [4.69, 9.17) is 4.74 Å². The zero-order valence-corrected chi connectivity index (χ0v) is 12.1. The van der Waals surface area contributed by atoms with Crippen LogP contribution in [0.25, 0.3) is 10.2 Å². The van der Waals surface area contributed by atoms with Crippen molar-refractivity contribution >= 4 is 27.5 Å². The second-order valence-electron chi connectivity index (χ2n) is 4.18. The van der Waals surface area contributed by atoms with Gasteiger partial charge in [0.2, 0.25) is 0 Å². The van der Waals surface area contributed by atoms with Crippen LogP contribution in [0.4, 0.5) is 0 Å². The minimum Gasteiger partial charge on any atom is -0.365 e. The zero-order valence-electron chi connectivity index (χ0n) is 11.3. The number of carbonyl (C=O) groups excluding carboxylic acids is 1. The molecule has 0 unspecified atom stereocenters. The smallest absolute Gasteiger partial charge is 0.281 e. The number of ether oxygens (including phenoxy) is 1. The van der Waals surface area contributed by atoms with Crippen molar-refractivity contribution in [2.45, 2.75) is 20.0 Å². The van der Waals surface area contributed by atoms with E-state index in [9.17, 15) is 9.59 Å². The highest BCUT2D eigenvalue weighted by Gasteiger charge is 2.16. The summed E-state index contributed by atoms with van der Waals surface area (Å²) in [7, 11) is 0. The maximum Gasteiger partial charge on any atom is 0.281 e. The molecular formula is C13H15N3O3S. The Labute approximate surface area is 119 Å². The van der Waals surface area contributed by atoms with Crippen molar-refractivity contribution in [3.05, 3.63) is 40.3 Å². The van der Waals surface area contributed by atoms with E-state index in [1.54, 1.807) is 31.4 Å². The van der Waals surface area contributed by atoms with Gasteiger partial charge in [0.15, 0.2) is 0 Å². The molecule has 1 N–H and O–H groups in total. The van der Waals surface area contributed by atoms with Crippen LogP contribution in [0.1, 0.15) is 12.7 Å². The minimum absolute atomic E-state index is 0.268. The molecule has 0 radical (unpaired) electrons. The summed E-state index contributed by atoms with van der Waals surface area (Å²) >= 11 is 1.39. The van der Waals surface area contributed by atoms with Gasteiger partial charge < -0.3 is 4.74 Å². The third-order valence-corrected chi connectivity index (χ3v) is 3.53. The Hall–Kier alpha value is -1.99. The molecule has 20 heavy (non-hydrogen) atoms. The number of amides is 1. The molecule has 0 aliphatic heterocycles. The minimum atomic E-state index is -0.683. The highest BCUT2D eigenvalue weighted by atomic mass is 32.1. The Morgan fingerprint density at radius 1 is 1.70 bits per heavy atom. The van der Waals surface area contributed by atoms with Gasteiger partial charge in [-0.3, -0.25) is 15.0 Å². The predicted molar refractivity (Wildman–Crippen MR) is 78.6 cm³/mol. The molecule has 2 aromatic rings. The van der Waals surface area contributed by atoms with E-state index in [0.29, 0.717) is 16.0 Å². The van der Waals surface area contributed by atoms with Crippen LogP contribution in [0.5, 0.6) is 0 Å². The number of hydrogen-bond donors (Lipinski definition) is 1. The highest BCUT2D eigenvalue weighted by molar-refractivity contribution is 7.16. The van der Waals surface area contributed by atoms with Gasteiger partial charge in [-0.1, -0.05) is 6.08 Å². The first kappa shape index (κ1) is 14.4. The van der Waals surface area contributed by atoms with Gasteiger partial charge in [0.05, 0.1) is 12.0 Å². The third-order valence-electron chi connectivity index (χ3n) is 2.72. The van der Waals surface area contributed by atoms with Crippen LogP contribution in [-0.2, 0) is 9.53 Å². The summed E-state index contributed by atoms with van der Waals surface area (Å²) in [6.07, 6.45) is 0.873. The zero-order chi connectivity index (χ0) is 14.7. The fraction of sp³-hybridized carbons (Fsp3) is 0.308. The number of aromatic nitrogens is 2. The van der Waals surface area contributed by atoms with Crippen LogP contribution in [0, 0.1) is 6.92 Å². The summed E-state index contributed by atoms with van der Waals surface area (Å²) < 4.78 is 6.36. The standard InChI is InChI=1S/C13H15N3O3S/c1-4-6-19-8(2)11(17)15-16-9(3)14-12-10(13(16)18)5-7-20-12/h4-5,7-8H,1,6H2,2-3H3,(H,15,17)/t8-/m1/s1. The maximum absolute atomic E-state index is 12.2. The molecule has 0 aromatic carbocycles. The first-order chi connectivity index (χ1) is 9.54. The van der Waals surface area contributed by atoms with Gasteiger partial charge in [0.25, 0.3) is 11.5 Å². The predicted octanol–water partition coefficient (Wildman–Crippen LogP) is 1.43. The molecule has 0 saturated heterocycles. The lowest BCUT2D eigenvalue weighted by Gasteiger charge is -2.15. The Morgan fingerprint density at radius 3 is 3.15 bits per heavy atom. The molecule has 2 heterocycles. The van der Waals surface area contributed by atoms with Gasteiger partial charge in [0, 0.05) is 0 Å². The van der Waals surface area contributed by atoms with Gasteiger partial charge in [0.1, 0.15) is 16.8 Å². The van der Waals surface area contributed by atoms with Crippen LogP contribution in [0.3, 0.4) is 0 Å². The number of carbonyl (C=O) groups is 1. The lowest BCUT2D eigenvalue weighted by Crippen LogP contribution is -2.40. The molecular weight excluding hydrogens is 278 g/mol. The van der Waals surface area contributed by atoms with Gasteiger partial charge in [-0.15, -0.1) is 17.9 Å². The first-order valence-corrected chi connectivity index (χ1v) is 6.92. The molecule has 2 rings (SSSR count). The number of nitrogens with zero attached hydrogens (tertiary/aromatic N) is 2. The van der Waals surface area contributed by atoms with Gasteiger partial charge in [-0.2, -0.15) is 0 Å². The quantitative estimate of drug-likeness (QED) is 0.846. The summed E-state index contributed by atoms with van der Waals surface area (Å²) in [5.74, 6) is 0.0163. The fourth-order valence-electron chi connectivity index (χ4n) is 1.64. The lowest BCUT2D eigenvalue weighted by molar-refractivity contribution is -0.126. The third kappa shape index (κ3) is 2.78. The second-order valence-corrected chi connectivity index (χ2v) is 5.07. The van der Waals surface area contributed by atoms with Crippen LogP contribution < -0.4 is 11.0 Å². The van der Waals surface area contributed by atoms with E-state index in [-0.39, 0.29) is 12.2 Å². The second kappa shape index (κ2) is 5.98. The molecule has 106 valence electrons. The Morgan fingerprint density at radius 2 is 2.45 bits per heavy atom.